The van der Waals surface area contributed by atoms with Gasteiger partial charge in [-0.1, -0.05) is 37.3 Å². The zero-order valence-corrected chi connectivity index (χ0v) is 11.5. The first-order chi connectivity index (χ1) is 9.79. The average Bonchev–Trinajstić information content (AvgIpc) is 2.90. The van der Waals surface area contributed by atoms with Crippen molar-refractivity contribution in [2.45, 2.75) is 18.9 Å². The third kappa shape index (κ3) is 2.41. The van der Waals surface area contributed by atoms with Crippen LogP contribution in [-0.2, 0) is 0 Å². The predicted molar refractivity (Wildman–Crippen MR) is 77.5 cm³/mol. The van der Waals surface area contributed by atoms with E-state index >= 15 is 0 Å². The fourth-order valence-electron chi connectivity index (χ4n) is 2.85. The maximum atomic E-state index is 13.1. The number of nitrogens with one attached hydrogen (secondary N) is 1. The molecule has 1 N–H and O–H groups in total. The second-order valence-corrected chi connectivity index (χ2v) is 5.04. The summed E-state index contributed by atoms with van der Waals surface area (Å²) in [5, 5.41) is 3.50. The van der Waals surface area contributed by atoms with Gasteiger partial charge in [0.2, 0.25) is 0 Å². The smallest absolute Gasteiger partial charge is 0.123 e. The summed E-state index contributed by atoms with van der Waals surface area (Å²) in [5.74, 6) is 1.02. The van der Waals surface area contributed by atoms with E-state index < -0.39 is 0 Å². The number of benzene rings is 2. The van der Waals surface area contributed by atoms with Crippen LogP contribution in [0.1, 0.15) is 30.0 Å². The average molecular weight is 271 g/mol. The van der Waals surface area contributed by atoms with E-state index in [1.165, 1.54) is 17.7 Å². The van der Waals surface area contributed by atoms with Crippen molar-refractivity contribution in [2.24, 2.45) is 0 Å². The molecule has 0 saturated carbocycles. The maximum absolute atomic E-state index is 13.1. The third-order valence-electron chi connectivity index (χ3n) is 3.79. The largest absolute Gasteiger partial charge is 0.493 e. The minimum Gasteiger partial charge on any atom is -0.493 e. The molecule has 1 aliphatic heterocycles. The van der Waals surface area contributed by atoms with E-state index in [1.807, 2.05) is 30.3 Å². The van der Waals surface area contributed by atoms with Crippen LogP contribution in [0, 0.1) is 5.82 Å². The van der Waals surface area contributed by atoms with Crippen LogP contribution in [0.2, 0.25) is 0 Å². The highest BCUT2D eigenvalue weighted by atomic mass is 19.1. The Bertz CT molecular complexity index is 582. The topological polar surface area (TPSA) is 21.3 Å². The van der Waals surface area contributed by atoms with E-state index in [0.29, 0.717) is 6.61 Å². The Morgan fingerprint density at radius 1 is 1.20 bits per heavy atom. The molecule has 0 bridgehead atoms. The van der Waals surface area contributed by atoms with Crippen LogP contribution in [0.25, 0.3) is 0 Å². The van der Waals surface area contributed by atoms with Crippen molar-refractivity contribution in [3.63, 3.8) is 0 Å². The van der Waals surface area contributed by atoms with E-state index in [1.54, 1.807) is 0 Å². The first kappa shape index (κ1) is 13.1. The second-order valence-electron chi connectivity index (χ2n) is 5.04. The minimum atomic E-state index is -0.202. The molecule has 2 atom stereocenters. The first-order valence-electron chi connectivity index (χ1n) is 7.00. The van der Waals surface area contributed by atoms with Gasteiger partial charge in [-0.25, -0.2) is 4.39 Å². The van der Waals surface area contributed by atoms with Crippen LogP contribution in [-0.4, -0.2) is 13.2 Å². The monoisotopic (exact) mass is 271 g/mol. The molecule has 0 saturated heterocycles. The van der Waals surface area contributed by atoms with Gasteiger partial charge in [-0.05, 0) is 30.3 Å². The normalized spacial score (nSPS) is 18.4. The van der Waals surface area contributed by atoms with Crippen molar-refractivity contribution in [1.82, 2.24) is 5.32 Å². The molecule has 0 fully saturated rings. The number of ether oxygens (including phenoxy) is 1. The highest BCUT2D eigenvalue weighted by Crippen LogP contribution is 2.41. The van der Waals surface area contributed by atoms with Gasteiger partial charge in [-0.15, -0.1) is 0 Å². The zero-order valence-electron chi connectivity index (χ0n) is 11.5. The summed E-state index contributed by atoms with van der Waals surface area (Å²) in [4.78, 5) is 0. The van der Waals surface area contributed by atoms with E-state index in [4.69, 9.17) is 4.74 Å². The Morgan fingerprint density at radius 3 is 2.70 bits per heavy atom. The van der Waals surface area contributed by atoms with Crippen molar-refractivity contribution >= 4 is 0 Å². The lowest BCUT2D eigenvalue weighted by Gasteiger charge is -2.24. The summed E-state index contributed by atoms with van der Waals surface area (Å²) in [5.41, 5.74) is 2.32. The fraction of sp³-hybridized carbons (Fsp3) is 0.294. The zero-order chi connectivity index (χ0) is 13.9. The van der Waals surface area contributed by atoms with Crippen molar-refractivity contribution in [1.29, 1.82) is 0 Å². The number of hydrogen-bond acceptors (Lipinski definition) is 2. The Morgan fingerprint density at radius 2 is 1.95 bits per heavy atom. The summed E-state index contributed by atoms with van der Waals surface area (Å²) < 4.78 is 18.9. The molecule has 0 radical (unpaired) electrons. The molecule has 2 unspecified atom stereocenters. The Hall–Kier alpha value is -1.87. The van der Waals surface area contributed by atoms with E-state index in [2.05, 4.69) is 18.3 Å². The number of halogens is 1. The van der Waals surface area contributed by atoms with Crippen LogP contribution in [0.3, 0.4) is 0 Å². The molecule has 3 heteroatoms. The summed E-state index contributed by atoms with van der Waals surface area (Å²) in [6, 6.07) is 15.0. The number of rotatable bonds is 4. The fourth-order valence-corrected chi connectivity index (χ4v) is 2.85. The highest BCUT2D eigenvalue weighted by molar-refractivity contribution is 5.42. The molecule has 2 aromatic carbocycles. The molecule has 0 aliphatic carbocycles. The molecular weight excluding hydrogens is 253 g/mol. The summed E-state index contributed by atoms with van der Waals surface area (Å²) in [7, 11) is 0. The van der Waals surface area contributed by atoms with Gasteiger partial charge in [0.1, 0.15) is 11.6 Å². The molecule has 2 nitrogen and oxygen atoms in total. The van der Waals surface area contributed by atoms with Gasteiger partial charge in [-0.2, -0.15) is 0 Å². The van der Waals surface area contributed by atoms with Gasteiger partial charge in [-0.3, -0.25) is 0 Å². The van der Waals surface area contributed by atoms with Crippen molar-refractivity contribution < 1.29 is 9.13 Å². The standard InChI is InChI=1S/C17H18FNO/c1-2-19-17(12-7-9-13(18)10-8-12)15-11-20-16-6-4-3-5-14(15)16/h3-10,15,17,19H,2,11H2,1H3. The van der Waals surface area contributed by atoms with Crippen LogP contribution < -0.4 is 10.1 Å². The second kappa shape index (κ2) is 5.63. The van der Waals surface area contributed by atoms with E-state index in [9.17, 15) is 4.39 Å². The maximum Gasteiger partial charge on any atom is 0.123 e. The first-order valence-corrected chi connectivity index (χ1v) is 7.00. The predicted octanol–water partition coefficient (Wildman–Crippen LogP) is 3.65. The van der Waals surface area contributed by atoms with Gasteiger partial charge in [0, 0.05) is 17.5 Å². The molecule has 3 rings (SSSR count). The lowest BCUT2D eigenvalue weighted by molar-refractivity contribution is 0.301. The number of fused-ring (bicyclic) bond motifs is 1. The Kier molecular flexibility index (Phi) is 3.70. The number of likely N-dealkylation sites (N-methyl/N-ethyl adjacent to an activating group) is 1. The van der Waals surface area contributed by atoms with Crippen LogP contribution in [0.15, 0.2) is 48.5 Å². The lowest BCUT2D eigenvalue weighted by atomic mass is 9.88. The Labute approximate surface area is 118 Å². The molecule has 2 aromatic rings. The van der Waals surface area contributed by atoms with Crippen molar-refractivity contribution in [2.75, 3.05) is 13.2 Å². The quantitative estimate of drug-likeness (QED) is 0.916. The summed E-state index contributed by atoms with van der Waals surface area (Å²) in [6.07, 6.45) is 0. The minimum absolute atomic E-state index is 0.143. The SMILES string of the molecule is CCNC(c1ccc(F)cc1)C1COc2ccccc21. The van der Waals surface area contributed by atoms with Crippen LogP contribution >= 0.6 is 0 Å². The Balaban J connectivity index is 1.94. The number of para-hydroxylation sites is 1. The molecule has 0 aromatic heterocycles. The van der Waals surface area contributed by atoms with Crippen LogP contribution in [0.4, 0.5) is 4.39 Å². The summed E-state index contributed by atoms with van der Waals surface area (Å²) in [6.45, 7) is 3.60. The van der Waals surface area contributed by atoms with Gasteiger partial charge in [0.05, 0.1) is 6.61 Å². The molecule has 0 spiro atoms. The van der Waals surface area contributed by atoms with Gasteiger partial charge >= 0.3 is 0 Å². The van der Waals surface area contributed by atoms with Crippen molar-refractivity contribution in [3.05, 3.63) is 65.5 Å². The number of hydrogen-bond donors (Lipinski definition) is 1. The van der Waals surface area contributed by atoms with E-state index in [0.717, 1.165) is 17.9 Å². The molecule has 1 heterocycles. The van der Waals surface area contributed by atoms with Gasteiger partial charge < -0.3 is 10.1 Å². The molecule has 104 valence electrons. The van der Waals surface area contributed by atoms with E-state index in [-0.39, 0.29) is 17.8 Å². The highest BCUT2D eigenvalue weighted by Gasteiger charge is 2.31. The molecular formula is C17H18FNO. The third-order valence-corrected chi connectivity index (χ3v) is 3.79. The summed E-state index contributed by atoms with van der Waals surface area (Å²) >= 11 is 0. The molecule has 20 heavy (non-hydrogen) atoms. The van der Waals surface area contributed by atoms with Gasteiger partial charge in [0.25, 0.3) is 0 Å². The lowest BCUT2D eigenvalue weighted by Crippen LogP contribution is -2.27. The van der Waals surface area contributed by atoms with Crippen LogP contribution in [0.5, 0.6) is 5.75 Å². The molecule has 0 amide bonds. The molecule has 1 aliphatic rings. The van der Waals surface area contributed by atoms with Gasteiger partial charge in [0.15, 0.2) is 0 Å². The van der Waals surface area contributed by atoms with Crippen molar-refractivity contribution in [3.8, 4) is 5.75 Å².